The number of aromatic nitrogens is 3. The van der Waals surface area contributed by atoms with Crippen LogP contribution in [0.25, 0.3) is 0 Å². The maximum atomic E-state index is 13.5. The van der Waals surface area contributed by atoms with Crippen molar-refractivity contribution in [3.05, 3.63) is 28.6 Å². The van der Waals surface area contributed by atoms with E-state index < -0.39 is 5.82 Å². The molecule has 0 spiro atoms. The first kappa shape index (κ1) is 12.1. The summed E-state index contributed by atoms with van der Waals surface area (Å²) in [6.07, 6.45) is 1.49. The van der Waals surface area contributed by atoms with Gasteiger partial charge >= 0.3 is 0 Å². The highest BCUT2D eigenvalue weighted by Gasteiger charge is 2.09. The van der Waals surface area contributed by atoms with E-state index in [2.05, 4.69) is 30.9 Å². The molecular formula is C9H7BrFN5S. The van der Waals surface area contributed by atoms with Gasteiger partial charge in [0.1, 0.15) is 16.7 Å². The molecule has 88 valence electrons. The molecule has 0 saturated carbocycles. The van der Waals surface area contributed by atoms with Gasteiger partial charge in [-0.25, -0.2) is 19.3 Å². The van der Waals surface area contributed by atoms with E-state index in [0.29, 0.717) is 4.47 Å². The van der Waals surface area contributed by atoms with Crippen LogP contribution < -0.4 is 11.5 Å². The first-order chi connectivity index (χ1) is 8.04. The number of hydrogen-bond donors (Lipinski definition) is 2. The standard InChI is InChI=1S/C9H7BrFN5S/c10-4-1-5(11)8(14-3-4)17-9-15-6(12)2-7(13)16-9/h1-3H,(H4,12,13,15,16). The zero-order valence-electron chi connectivity index (χ0n) is 8.39. The van der Waals surface area contributed by atoms with Crippen LogP contribution in [0.2, 0.25) is 0 Å². The molecule has 2 rings (SSSR count). The number of anilines is 2. The molecule has 0 fully saturated rings. The maximum absolute atomic E-state index is 13.5. The third kappa shape index (κ3) is 3.04. The number of hydrogen-bond acceptors (Lipinski definition) is 6. The molecule has 0 aromatic carbocycles. The topological polar surface area (TPSA) is 90.7 Å². The molecule has 0 aliphatic heterocycles. The van der Waals surface area contributed by atoms with Gasteiger partial charge in [-0.2, -0.15) is 0 Å². The fourth-order valence-corrected chi connectivity index (χ4v) is 2.11. The van der Waals surface area contributed by atoms with Crippen molar-refractivity contribution in [1.82, 2.24) is 15.0 Å². The average Bonchev–Trinajstić information content (AvgIpc) is 2.21. The minimum atomic E-state index is -0.464. The van der Waals surface area contributed by atoms with Gasteiger partial charge in [-0.05, 0) is 33.8 Å². The number of rotatable bonds is 2. The zero-order chi connectivity index (χ0) is 12.4. The van der Waals surface area contributed by atoms with Crippen LogP contribution in [-0.2, 0) is 0 Å². The van der Waals surface area contributed by atoms with Crippen LogP contribution >= 0.6 is 27.7 Å². The second-order valence-corrected chi connectivity index (χ2v) is 4.91. The fourth-order valence-electron chi connectivity index (χ4n) is 1.07. The highest BCUT2D eigenvalue weighted by molar-refractivity contribution is 9.10. The molecule has 2 aromatic heterocycles. The van der Waals surface area contributed by atoms with E-state index >= 15 is 0 Å². The van der Waals surface area contributed by atoms with Crippen molar-refractivity contribution in [1.29, 1.82) is 0 Å². The summed E-state index contributed by atoms with van der Waals surface area (Å²) in [4.78, 5) is 11.8. The molecule has 0 atom stereocenters. The Morgan fingerprint density at radius 3 is 2.41 bits per heavy atom. The molecule has 0 aliphatic carbocycles. The van der Waals surface area contributed by atoms with Gasteiger partial charge in [0.2, 0.25) is 0 Å². The highest BCUT2D eigenvalue weighted by Crippen LogP contribution is 2.27. The Morgan fingerprint density at radius 2 is 1.82 bits per heavy atom. The second-order valence-electron chi connectivity index (χ2n) is 3.04. The van der Waals surface area contributed by atoms with E-state index in [1.165, 1.54) is 18.3 Å². The van der Waals surface area contributed by atoms with Crippen molar-refractivity contribution in [3.63, 3.8) is 0 Å². The molecule has 2 heterocycles. The Kier molecular flexibility index (Phi) is 3.43. The molecule has 0 unspecified atom stereocenters. The van der Waals surface area contributed by atoms with Crippen LogP contribution in [0.1, 0.15) is 0 Å². The van der Waals surface area contributed by atoms with Crippen LogP contribution in [-0.4, -0.2) is 15.0 Å². The molecule has 0 saturated heterocycles. The summed E-state index contributed by atoms with van der Waals surface area (Å²) in [5, 5.41) is 0.425. The molecular weight excluding hydrogens is 309 g/mol. The lowest BCUT2D eigenvalue weighted by Crippen LogP contribution is -1.99. The predicted molar refractivity (Wildman–Crippen MR) is 66.9 cm³/mol. The molecule has 0 radical (unpaired) electrons. The van der Waals surface area contributed by atoms with E-state index in [1.54, 1.807) is 0 Å². The number of pyridine rings is 1. The lowest BCUT2D eigenvalue weighted by Gasteiger charge is -2.03. The number of halogens is 2. The first-order valence-electron chi connectivity index (χ1n) is 4.43. The van der Waals surface area contributed by atoms with E-state index in [9.17, 15) is 4.39 Å². The summed E-state index contributed by atoms with van der Waals surface area (Å²) in [7, 11) is 0. The Balaban J connectivity index is 2.31. The largest absolute Gasteiger partial charge is 0.383 e. The Morgan fingerprint density at radius 1 is 1.18 bits per heavy atom. The van der Waals surface area contributed by atoms with Gasteiger partial charge in [0.05, 0.1) is 0 Å². The van der Waals surface area contributed by atoms with Crippen molar-refractivity contribution in [2.45, 2.75) is 10.2 Å². The number of nitrogens with zero attached hydrogens (tertiary/aromatic N) is 3. The third-order valence-electron chi connectivity index (χ3n) is 1.71. The first-order valence-corrected chi connectivity index (χ1v) is 6.04. The quantitative estimate of drug-likeness (QED) is 0.825. The lowest BCUT2D eigenvalue weighted by molar-refractivity contribution is 0.586. The van der Waals surface area contributed by atoms with Crippen LogP contribution in [0.4, 0.5) is 16.0 Å². The van der Waals surface area contributed by atoms with Crippen molar-refractivity contribution in [2.75, 3.05) is 11.5 Å². The molecule has 4 N–H and O–H groups in total. The molecule has 5 nitrogen and oxygen atoms in total. The normalized spacial score (nSPS) is 10.5. The SMILES string of the molecule is Nc1cc(N)nc(Sc2ncc(Br)cc2F)n1. The van der Waals surface area contributed by atoms with Gasteiger partial charge in [-0.15, -0.1) is 0 Å². The van der Waals surface area contributed by atoms with Gasteiger partial charge in [0.25, 0.3) is 0 Å². The van der Waals surface area contributed by atoms with Gasteiger partial charge in [-0.3, -0.25) is 0 Å². The number of nitrogen functional groups attached to an aromatic ring is 2. The maximum Gasteiger partial charge on any atom is 0.197 e. The smallest absolute Gasteiger partial charge is 0.197 e. The molecule has 0 aliphatic rings. The molecule has 2 aromatic rings. The fraction of sp³-hybridized carbons (Fsp3) is 0. The van der Waals surface area contributed by atoms with E-state index in [-0.39, 0.29) is 21.8 Å². The average molecular weight is 316 g/mol. The van der Waals surface area contributed by atoms with Crippen molar-refractivity contribution >= 4 is 39.3 Å². The summed E-state index contributed by atoms with van der Waals surface area (Å²) in [6.45, 7) is 0. The predicted octanol–water partition coefficient (Wildman–Crippen LogP) is 2.09. The van der Waals surface area contributed by atoms with Crippen molar-refractivity contribution in [2.24, 2.45) is 0 Å². The third-order valence-corrected chi connectivity index (χ3v) is 3.00. The molecule has 0 bridgehead atoms. The monoisotopic (exact) mass is 315 g/mol. The summed E-state index contributed by atoms with van der Waals surface area (Å²) in [5.41, 5.74) is 11.0. The minimum absolute atomic E-state index is 0.165. The van der Waals surface area contributed by atoms with Crippen molar-refractivity contribution < 1.29 is 4.39 Å². The highest BCUT2D eigenvalue weighted by atomic mass is 79.9. The minimum Gasteiger partial charge on any atom is -0.383 e. The van der Waals surface area contributed by atoms with Crippen molar-refractivity contribution in [3.8, 4) is 0 Å². The van der Waals surface area contributed by atoms with E-state index in [4.69, 9.17) is 11.5 Å². The van der Waals surface area contributed by atoms with Gasteiger partial charge in [-0.1, -0.05) is 0 Å². The van der Waals surface area contributed by atoms with Crippen LogP contribution in [0.5, 0.6) is 0 Å². The van der Waals surface area contributed by atoms with Crippen LogP contribution in [0.15, 0.2) is 33.0 Å². The second kappa shape index (κ2) is 4.84. The van der Waals surface area contributed by atoms with E-state index in [1.807, 2.05) is 0 Å². The van der Waals surface area contributed by atoms with Gasteiger partial charge in [0, 0.05) is 16.7 Å². The molecule has 8 heteroatoms. The summed E-state index contributed by atoms with van der Waals surface area (Å²) in [6, 6.07) is 2.74. The van der Waals surface area contributed by atoms with Gasteiger partial charge < -0.3 is 11.5 Å². The summed E-state index contributed by atoms with van der Waals surface area (Å²) in [5.74, 6) is 0.00371. The van der Waals surface area contributed by atoms with Crippen LogP contribution in [0, 0.1) is 5.82 Å². The lowest BCUT2D eigenvalue weighted by atomic mass is 10.5. The van der Waals surface area contributed by atoms with Crippen LogP contribution in [0.3, 0.4) is 0 Å². The Bertz CT molecular complexity index is 545. The molecule has 0 amide bonds. The summed E-state index contributed by atoms with van der Waals surface area (Å²) >= 11 is 4.08. The Labute approximate surface area is 109 Å². The van der Waals surface area contributed by atoms with E-state index in [0.717, 1.165) is 11.8 Å². The van der Waals surface area contributed by atoms with Gasteiger partial charge in [0.15, 0.2) is 11.0 Å². The zero-order valence-corrected chi connectivity index (χ0v) is 10.8. The molecule has 17 heavy (non-hydrogen) atoms. The summed E-state index contributed by atoms with van der Waals surface area (Å²) < 4.78 is 14.1. The Hall–Kier alpha value is -1.41. The number of nitrogens with two attached hydrogens (primary N) is 2.